The van der Waals surface area contributed by atoms with Gasteiger partial charge in [0, 0.05) is 11.3 Å². The highest BCUT2D eigenvalue weighted by Crippen LogP contribution is 2.26. The third-order valence-corrected chi connectivity index (χ3v) is 4.67. The van der Waals surface area contributed by atoms with Gasteiger partial charge in [0.1, 0.15) is 22.8 Å². The number of anilines is 1. The van der Waals surface area contributed by atoms with E-state index in [1.165, 1.54) is 11.3 Å². The molecular formula is C18H15N5O3S. The number of nitrogens with one attached hydrogen (secondary N) is 1. The van der Waals surface area contributed by atoms with Crippen molar-refractivity contribution < 1.29 is 14.3 Å². The molecule has 2 heterocycles. The fourth-order valence-electron chi connectivity index (χ4n) is 2.42. The van der Waals surface area contributed by atoms with Crippen molar-refractivity contribution in [3.8, 4) is 22.1 Å². The summed E-state index contributed by atoms with van der Waals surface area (Å²) in [4.78, 5) is 12.9. The molecule has 8 nitrogen and oxygen atoms in total. The Morgan fingerprint density at radius 2 is 2.00 bits per heavy atom. The van der Waals surface area contributed by atoms with Crippen molar-refractivity contribution in [3.05, 3.63) is 54.9 Å². The van der Waals surface area contributed by atoms with Gasteiger partial charge in [-0.15, -0.1) is 10.2 Å². The van der Waals surface area contributed by atoms with Gasteiger partial charge in [-0.25, -0.2) is 0 Å². The van der Waals surface area contributed by atoms with Crippen LogP contribution in [0.3, 0.4) is 0 Å². The molecule has 4 aromatic rings. The second kappa shape index (κ2) is 7.42. The number of methoxy groups -OCH3 is 1. The third-order valence-electron chi connectivity index (χ3n) is 3.71. The van der Waals surface area contributed by atoms with E-state index in [0.29, 0.717) is 16.4 Å². The molecule has 0 aliphatic heterocycles. The first-order valence-corrected chi connectivity index (χ1v) is 8.87. The number of carbonyl (C=O) groups excluding carboxylic acids is 1. The molecule has 1 N–H and O–H groups in total. The first-order valence-electron chi connectivity index (χ1n) is 8.05. The first-order chi connectivity index (χ1) is 13.2. The van der Waals surface area contributed by atoms with Crippen molar-refractivity contribution in [1.29, 1.82) is 0 Å². The molecule has 0 bridgehead atoms. The highest BCUT2D eigenvalue weighted by atomic mass is 32.1. The van der Waals surface area contributed by atoms with Crippen molar-refractivity contribution >= 4 is 27.9 Å². The zero-order chi connectivity index (χ0) is 18.6. The lowest BCUT2D eigenvalue weighted by Gasteiger charge is -2.08. The summed E-state index contributed by atoms with van der Waals surface area (Å²) in [5.41, 5.74) is 1.56. The van der Waals surface area contributed by atoms with Gasteiger partial charge in [-0.1, -0.05) is 23.5 Å². The summed E-state index contributed by atoms with van der Waals surface area (Å²) < 4.78 is 12.2. The minimum Gasteiger partial charge on any atom is -0.497 e. The smallest absolute Gasteiger partial charge is 0.262 e. The Labute approximate surface area is 158 Å². The van der Waals surface area contributed by atoms with Crippen LogP contribution < -0.4 is 14.8 Å². The summed E-state index contributed by atoms with van der Waals surface area (Å²) in [6.07, 6.45) is 1.55. The molecule has 1 amide bonds. The van der Waals surface area contributed by atoms with Crippen molar-refractivity contribution in [2.24, 2.45) is 0 Å². The van der Waals surface area contributed by atoms with Gasteiger partial charge in [0.15, 0.2) is 6.61 Å². The summed E-state index contributed by atoms with van der Waals surface area (Å²) >= 11 is 1.43. The second-order valence-corrected chi connectivity index (χ2v) is 6.51. The Morgan fingerprint density at radius 1 is 1.19 bits per heavy atom. The van der Waals surface area contributed by atoms with Gasteiger partial charge in [-0.05, 0) is 36.4 Å². The lowest BCUT2D eigenvalue weighted by molar-refractivity contribution is -0.118. The zero-order valence-electron chi connectivity index (χ0n) is 14.3. The van der Waals surface area contributed by atoms with Gasteiger partial charge in [0.25, 0.3) is 5.91 Å². The summed E-state index contributed by atoms with van der Waals surface area (Å²) in [6, 6.07) is 14.5. The first kappa shape index (κ1) is 17.0. The van der Waals surface area contributed by atoms with Crippen LogP contribution in [0.1, 0.15) is 0 Å². The zero-order valence-corrected chi connectivity index (χ0v) is 15.1. The highest BCUT2D eigenvalue weighted by molar-refractivity contribution is 7.19. The van der Waals surface area contributed by atoms with Crippen LogP contribution in [0.15, 0.2) is 54.9 Å². The number of benzene rings is 2. The monoisotopic (exact) mass is 381 g/mol. The van der Waals surface area contributed by atoms with Crippen molar-refractivity contribution in [2.75, 3.05) is 19.0 Å². The standard InChI is InChI=1S/C18H15N5O3S/c1-25-14-5-7-15(8-6-14)26-10-16(24)20-13-4-2-3-12(9-13)17-22-23-11-19-21-18(23)27-17/h2-9,11H,10H2,1H3,(H,20,24). The predicted molar refractivity (Wildman–Crippen MR) is 101 cm³/mol. The molecule has 0 spiro atoms. The van der Waals surface area contributed by atoms with Crippen LogP contribution in [-0.2, 0) is 4.79 Å². The Morgan fingerprint density at radius 3 is 2.78 bits per heavy atom. The van der Waals surface area contributed by atoms with E-state index >= 15 is 0 Å². The van der Waals surface area contributed by atoms with Gasteiger partial charge in [-0.2, -0.15) is 9.61 Å². The van der Waals surface area contributed by atoms with Crippen molar-refractivity contribution in [3.63, 3.8) is 0 Å². The third kappa shape index (κ3) is 3.87. The lowest BCUT2D eigenvalue weighted by atomic mass is 10.2. The van der Waals surface area contributed by atoms with E-state index in [1.807, 2.05) is 24.3 Å². The van der Waals surface area contributed by atoms with Crippen LogP contribution in [0.5, 0.6) is 11.5 Å². The summed E-state index contributed by atoms with van der Waals surface area (Å²) in [5, 5.41) is 15.8. The number of carbonyl (C=O) groups is 1. The minimum atomic E-state index is -0.249. The van der Waals surface area contributed by atoms with E-state index in [-0.39, 0.29) is 12.5 Å². The second-order valence-electron chi connectivity index (χ2n) is 5.56. The Bertz CT molecular complexity index is 1050. The molecule has 2 aromatic heterocycles. The maximum atomic E-state index is 12.2. The molecule has 136 valence electrons. The van der Waals surface area contributed by atoms with Crippen LogP contribution in [-0.4, -0.2) is 39.4 Å². The molecule has 9 heteroatoms. The number of nitrogens with zero attached hydrogens (tertiary/aromatic N) is 4. The maximum absolute atomic E-state index is 12.2. The fourth-order valence-corrected chi connectivity index (χ4v) is 3.24. The number of amides is 1. The Balaban J connectivity index is 1.39. The van der Waals surface area contributed by atoms with Crippen molar-refractivity contribution in [1.82, 2.24) is 19.8 Å². The van der Waals surface area contributed by atoms with Crippen LogP contribution in [0.25, 0.3) is 15.5 Å². The normalized spacial score (nSPS) is 10.7. The molecule has 0 aliphatic carbocycles. The number of hydrogen-bond acceptors (Lipinski definition) is 7. The minimum absolute atomic E-state index is 0.0900. The Kier molecular flexibility index (Phi) is 4.67. The average molecular weight is 381 g/mol. The summed E-state index contributed by atoms with van der Waals surface area (Å²) in [5.74, 6) is 1.08. The van der Waals surface area contributed by atoms with Gasteiger partial charge in [0.2, 0.25) is 4.96 Å². The maximum Gasteiger partial charge on any atom is 0.262 e. The van der Waals surface area contributed by atoms with E-state index in [1.54, 1.807) is 42.2 Å². The highest BCUT2D eigenvalue weighted by Gasteiger charge is 2.10. The molecule has 2 aromatic carbocycles. The molecule has 0 saturated carbocycles. The molecule has 27 heavy (non-hydrogen) atoms. The number of ether oxygens (including phenoxy) is 2. The lowest BCUT2D eigenvalue weighted by Crippen LogP contribution is -2.20. The predicted octanol–water partition coefficient (Wildman–Crippen LogP) is 2.88. The molecule has 4 rings (SSSR count). The fraction of sp³-hybridized carbons (Fsp3) is 0.111. The van der Waals surface area contributed by atoms with E-state index in [2.05, 4.69) is 20.6 Å². The van der Waals surface area contributed by atoms with Crippen LogP contribution in [0.2, 0.25) is 0 Å². The topological polar surface area (TPSA) is 90.6 Å². The molecule has 0 atom stereocenters. The summed E-state index contributed by atoms with van der Waals surface area (Å²) in [6.45, 7) is -0.0900. The van der Waals surface area contributed by atoms with E-state index < -0.39 is 0 Å². The number of rotatable bonds is 6. The van der Waals surface area contributed by atoms with E-state index in [9.17, 15) is 4.79 Å². The van der Waals surface area contributed by atoms with Gasteiger partial charge in [-0.3, -0.25) is 4.79 Å². The summed E-state index contributed by atoms with van der Waals surface area (Å²) in [7, 11) is 1.60. The molecule has 0 aliphatic rings. The van der Waals surface area contributed by atoms with E-state index in [4.69, 9.17) is 9.47 Å². The molecule has 0 unspecified atom stereocenters. The molecular weight excluding hydrogens is 366 g/mol. The number of hydrogen-bond donors (Lipinski definition) is 1. The Hall–Kier alpha value is -3.46. The number of aromatic nitrogens is 4. The van der Waals surface area contributed by atoms with Crippen LogP contribution >= 0.6 is 11.3 Å². The van der Waals surface area contributed by atoms with Gasteiger partial charge < -0.3 is 14.8 Å². The van der Waals surface area contributed by atoms with Gasteiger partial charge >= 0.3 is 0 Å². The average Bonchev–Trinajstić information content (AvgIpc) is 3.29. The van der Waals surface area contributed by atoms with Crippen molar-refractivity contribution in [2.45, 2.75) is 0 Å². The SMILES string of the molecule is COc1ccc(OCC(=O)Nc2cccc(-c3nn4cnnc4s3)c2)cc1. The van der Waals surface area contributed by atoms with Crippen LogP contribution in [0, 0.1) is 0 Å². The van der Waals surface area contributed by atoms with Gasteiger partial charge in [0.05, 0.1) is 7.11 Å². The molecule has 0 saturated heterocycles. The molecule has 0 radical (unpaired) electrons. The number of fused-ring (bicyclic) bond motifs is 1. The molecule has 0 fully saturated rings. The van der Waals surface area contributed by atoms with Crippen LogP contribution in [0.4, 0.5) is 5.69 Å². The van der Waals surface area contributed by atoms with E-state index in [0.717, 1.165) is 16.3 Å². The largest absolute Gasteiger partial charge is 0.497 e. The quantitative estimate of drug-likeness (QED) is 0.552.